The van der Waals surface area contributed by atoms with Crippen molar-refractivity contribution in [2.75, 3.05) is 26.4 Å². The van der Waals surface area contributed by atoms with Gasteiger partial charge >= 0.3 is 23.9 Å². The van der Waals surface area contributed by atoms with Gasteiger partial charge in [0, 0.05) is 0 Å². The molecule has 128 valence electrons. The summed E-state index contributed by atoms with van der Waals surface area (Å²) in [5, 5.41) is 0. The first kappa shape index (κ1) is 22.2. The Balaban J connectivity index is 0. The van der Waals surface area contributed by atoms with Gasteiger partial charge in [-0.05, 0) is 27.7 Å². The highest BCUT2D eigenvalue weighted by atomic mass is 16.6. The number of ether oxygens (including phenoxy) is 4. The Bertz CT molecular complexity index is 317. The van der Waals surface area contributed by atoms with E-state index >= 15 is 0 Å². The van der Waals surface area contributed by atoms with Gasteiger partial charge in [-0.1, -0.05) is 0 Å². The molecular formula is C14H24O8. The fourth-order valence-electron chi connectivity index (χ4n) is 1.05. The van der Waals surface area contributed by atoms with Gasteiger partial charge < -0.3 is 18.9 Å². The Morgan fingerprint density at radius 1 is 0.545 bits per heavy atom. The molecule has 0 bridgehead atoms. The summed E-state index contributed by atoms with van der Waals surface area (Å²) in [5.41, 5.74) is 0. The maximum Gasteiger partial charge on any atom is 0.417 e. The molecule has 0 unspecified atom stereocenters. The minimum atomic E-state index is -0.927. The normalized spacial score (nSPS) is 8.91. The highest BCUT2D eigenvalue weighted by molar-refractivity contribution is 6.29. The lowest BCUT2D eigenvalue weighted by Crippen LogP contribution is -2.19. The molecule has 8 nitrogen and oxygen atoms in total. The molecule has 0 aliphatic rings. The Hall–Kier alpha value is -2.12. The van der Waals surface area contributed by atoms with E-state index in [0.29, 0.717) is 13.2 Å². The van der Waals surface area contributed by atoms with E-state index in [4.69, 9.17) is 0 Å². The Morgan fingerprint density at radius 3 is 1.05 bits per heavy atom. The molecule has 8 heteroatoms. The van der Waals surface area contributed by atoms with Crippen molar-refractivity contribution in [2.45, 2.75) is 40.5 Å². The molecule has 0 aliphatic carbocycles. The van der Waals surface area contributed by atoms with Gasteiger partial charge in [0.1, 0.15) is 0 Å². The number of carbonyl (C=O) groups excluding carboxylic acids is 4. The topological polar surface area (TPSA) is 105 Å². The number of hydrogen-bond acceptors (Lipinski definition) is 8. The fraction of sp³-hybridized carbons (Fsp3) is 0.714. The van der Waals surface area contributed by atoms with Crippen molar-refractivity contribution >= 4 is 23.9 Å². The van der Waals surface area contributed by atoms with Gasteiger partial charge in [-0.25, -0.2) is 9.59 Å². The third-order valence-electron chi connectivity index (χ3n) is 1.86. The van der Waals surface area contributed by atoms with Crippen LogP contribution in [0.4, 0.5) is 0 Å². The van der Waals surface area contributed by atoms with Crippen molar-refractivity contribution in [2.24, 2.45) is 0 Å². The first-order chi connectivity index (χ1) is 10.4. The highest BCUT2D eigenvalue weighted by Gasteiger charge is 2.14. The van der Waals surface area contributed by atoms with E-state index in [-0.39, 0.29) is 38.0 Å². The van der Waals surface area contributed by atoms with Crippen molar-refractivity contribution in [3.8, 4) is 0 Å². The number of esters is 4. The minimum Gasteiger partial charge on any atom is -0.466 e. The molecule has 0 amide bonds. The molecule has 0 atom stereocenters. The predicted octanol–water partition coefficient (Wildman–Crippen LogP) is 1.01. The maximum atomic E-state index is 10.7. The summed E-state index contributed by atoms with van der Waals surface area (Å²) in [5.74, 6) is -2.56. The molecule has 0 aromatic rings. The van der Waals surface area contributed by atoms with E-state index in [0.717, 1.165) is 0 Å². The van der Waals surface area contributed by atoms with Crippen LogP contribution in [-0.2, 0) is 38.1 Å². The summed E-state index contributed by atoms with van der Waals surface area (Å²) >= 11 is 0. The van der Waals surface area contributed by atoms with E-state index in [2.05, 4.69) is 18.9 Å². The first-order valence-corrected chi connectivity index (χ1v) is 7.07. The van der Waals surface area contributed by atoms with Crippen LogP contribution >= 0.6 is 0 Å². The van der Waals surface area contributed by atoms with Gasteiger partial charge in [0.25, 0.3) is 0 Å². The standard InChI is InChI=1S/C8H14O4.C6H10O4/c1-3-11-7(9)5-6-8(10)12-4-2;1-3-9-5(7)6(8)10-4-2/h3-6H2,1-2H3;3-4H2,1-2H3. The second-order valence-electron chi connectivity index (χ2n) is 3.55. The van der Waals surface area contributed by atoms with E-state index in [1.165, 1.54) is 0 Å². The van der Waals surface area contributed by atoms with Crippen molar-refractivity contribution in [1.82, 2.24) is 0 Å². The largest absolute Gasteiger partial charge is 0.466 e. The average Bonchev–Trinajstić information content (AvgIpc) is 2.47. The van der Waals surface area contributed by atoms with Gasteiger partial charge in [0.05, 0.1) is 39.3 Å². The molecule has 0 radical (unpaired) electrons. The Kier molecular flexibility index (Phi) is 15.4. The summed E-state index contributed by atoms with van der Waals surface area (Å²) in [6.07, 6.45) is 0.208. The van der Waals surface area contributed by atoms with E-state index in [1.807, 2.05) is 0 Å². The Labute approximate surface area is 130 Å². The summed E-state index contributed by atoms with van der Waals surface area (Å²) < 4.78 is 17.9. The summed E-state index contributed by atoms with van der Waals surface area (Å²) in [6, 6.07) is 0. The number of carbonyl (C=O) groups is 4. The maximum absolute atomic E-state index is 10.7. The molecule has 0 aromatic heterocycles. The molecule has 0 heterocycles. The first-order valence-electron chi connectivity index (χ1n) is 7.07. The van der Waals surface area contributed by atoms with Crippen LogP contribution in [0.5, 0.6) is 0 Å². The average molecular weight is 320 g/mol. The molecule has 0 aliphatic heterocycles. The molecule has 0 spiro atoms. The third-order valence-corrected chi connectivity index (χ3v) is 1.86. The summed E-state index contributed by atoms with van der Waals surface area (Å²) in [7, 11) is 0. The van der Waals surface area contributed by atoms with E-state index < -0.39 is 11.9 Å². The van der Waals surface area contributed by atoms with Crippen LogP contribution in [0.25, 0.3) is 0 Å². The van der Waals surface area contributed by atoms with E-state index in [9.17, 15) is 19.2 Å². The molecule has 0 rings (SSSR count). The van der Waals surface area contributed by atoms with Crippen LogP contribution in [0, 0.1) is 0 Å². The zero-order chi connectivity index (χ0) is 17.4. The van der Waals surface area contributed by atoms with Gasteiger partial charge in [-0.3, -0.25) is 9.59 Å². The van der Waals surface area contributed by atoms with Crippen LogP contribution in [0.1, 0.15) is 40.5 Å². The molecule has 0 aromatic carbocycles. The summed E-state index contributed by atoms with van der Waals surface area (Å²) in [6.45, 7) is 7.78. The molecule has 0 saturated carbocycles. The van der Waals surface area contributed by atoms with Gasteiger partial charge in [0.15, 0.2) is 0 Å². The van der Waals surface area contributed by atoms with Gasteiger partial charge in [0.2, 0.25) is 0 Å². The van der Waals surface area contributed by atoms with Crippen LogP contribution in [0.3, 0.4) is 0 Å². The second-order valence-corrected chi connectivity index (χ2v) is 3.55. The van der Waals surface area contributed by atoms with Crippen LogP contribution < -0.4 is 0 Å². The molecule has 0 N–H and O–H groups in total. The van der Waals surface area contributed by atoms with Gasteiger partial charge in [-0.2, -0.15) is 0 Å². The summed E-state index contributed by atoms with van der Waals surface area (Å²) in [4.78, 5) is 42.3. The Morgan fingerprint density at radius 2 is 0.818 bits per heavy atom. The molecular weight excluding hydrogens is 296 g/mol. The third kappa shape index (κ3) is 14.3. The second kappa shape index (κ2) is 15.3. The van der Waals surface area contributed by atoms with E-state index in [1.54, 1.807) is 27.7 Å². The molecule has 22 heavy (non-hydrogen) atoms. The quantitative estimate of drug-likeness (QED) is 0.389. The fourth-order valence-corrected chi connectivity index (χ4v) is 1.05. The monoisotopic (exact) mass is 320 g/mol. The lowest BCUT2D eigenvalue weighted by molar-refractivity contribution is -0.167. The minimum absolute atomic E-state index is 0.104. The van der Waals surface area contributed by atoms with Crippen molar-refractivity contribution in [1.29, 1.82) is 0 Å². The van der Waals surface area contributed by atoms with Gasteiger partial charge in [-0.15, -0.1) is 0 Å². The van der Waals surface area contributed by atoms with Crippen LogP contribution in [-0.4, -0.2) is 50.3 Å². The number of hydrogen-bond donors (Lipinski definition) is 0. The smallest absolute Gasteiger partial charge is 0.417 e. The van der Waals surface area contributed by atoms with Crippen molar-refractivity contribution < 1.29 is 38.1 Å². The molecule has 0 fully saturated rings. The lowest BCUT2D eigenvalue weighted by Gasteiger charge is -2.01. The zero-order valence-corrected chi connectivity index (χ0v) is 13.5. The van der Waals surface area contributed by atoms with Crippen molar-refractivity contribution in [3.63, 3.8) is 0 Å². The van der Waals surface area contributed by atoms with Crippen molar-refractivity contribution in [3.05, 3.63) is 0 Å². The highest BCUT2D eigenvalue weighted by Crippen LogP contribution is 1.95. The SMILES string of the molecule is CCOC(=O)C(=O)OCC.CCOC(=O)CCC(=O)OCC. The predicted molar refractivity (Wildman–Crippen MR) is 75.8 cm³/mol. The number of rotatable bonds is 7. The van der Waals surface area contributed by atoms with Crippen LogP contribution in [0.15, 0.2) is 0 Å². The van der Waals surface area contributed by atoms with Crippen LogP contribution in [0.2, 0.25) is 0 Å². The lowest BCUT2D eigenvalue weighted by atomic mass is 10.3. The molecule has 0 saturated heterocycles. The zero-order valence-electron chi connectivity index (χ0n) is 13.5.